The van der Waals surface area contributed by atoms with Gasteiger partial charge in [-0.3, -0.25) is 14.7 Å². The molecule has 1 aromatic carbocycles. The quantitative estimate of drug-likeness (QED) is 0.343. The molecule has 6 nitrogen and oxygen atoms in total. The Kier molecular flexibility index (Phi) is 6.51. The monoisotopic (exact) mass is 304 g/mol. The Hall–Kier alpha value is -0.880. The topological polar surface area (TPSA) is 81.5 Å². The molecule has 0 aliphatic heterocycles. The summed E-state index contributed by atoms with van der Waals surface area (Å²) in [6, 6.07) is 6.15. The minimum Gasteiger partial charge on any atom is -0.317 e. The van der Waals surface area contributed by atoms with Crippen molar-refractivity contribution < 1.29 is 14.0 Å². The van der Waals surface area contributed by atoms with E-state index in [9.17, 15) is 14.7 Å². The van der Waals surface area contributed by atoms with E-state index in [1.54, 1.807) is 19.1 Å². The normalized spacial score (nSPS) is 14.0. The zero-order chi connectivity index (χ0) is 14.3. The number of non-ortho nitro benzene ring substituents is 1. The van der Waals surface area contributed by atoms with E-state index in [4.69, 9.17) is 4.52 Å². The first-order chi connectivity index (χ1) is 9.00. The van der Waals surface area contributed by atoms with Gasteiger partial charge in [0.1, 0.15) is 0 Å². The molecule has 0 bridgehead atoms. The number of hydrogen-bond acceptors (Lipinski definition) is 5. The maximum Gasteiger partial charge on any atom is 0.279 e. The lowest BCUT2D eigenvalue weighted by Crippen LogP contribution is -2.13. The summed E-state index contributed by atoms with van der Waals surface area (Å²) in [5.74, 6) is 0. The Morgan fingerprint density at radius 1 is 1.37 bits per heavy atom. The molecule has 0 heterocycles. The summed E-state index contributed by atoms with van der Waals surface area (Å²) in [6.45, 7) is 4.60. The lowest BCUT2D eigenvalue weighted by Gasteiger charge is -2.17. The van der Waals surface area contributed by atoms with Gasteiger partial charge in [-0.25, -0.2) is 5.09 Å². The highest BCUT2D eigenvalue weighted by Gasteiger charge is 2.21. The van der Waals surface area contributed by atoms with Crippen molar-refractivity contribution in [1.82, 2.24) is 5.09 Å². The second-order valence-corrected chi connectivity index (χ2v) is 7.34. The van der Waals surface area contributed by atoms with Gasteiger partial charge < -0.3 is 4.52 Å². The fourth-order valence-electron chi connectivity index (χ4n) is 1.40. The number of hydrogen-bond donors (Lipinski definition) is 1. The van der Waals surface area contributed by atoms with E-state index >= 15 is 0 Å². The summed E-state index contributed by atoms with van der Waals surface area (Å²) in [5, 5.41) is 13.4. The van der Waals surface area contributed by atoms with Gasteiger partial charge in [0.15, 0.2) is 0 Å². The average Bonchev–Trinajstić information content (AvgIpc) is 2.37. The average molecular weight is 304 g/mol. The number of nitrogens with zero attached hydrogens (tertiary/aromatic N) is 1. The van der Waals surface area contributed by atoms with Crippen LogP contribution in [0.15, 0.2) is 29.2 Å². The smallest absolute Gasteiger partial charge is 0.279 e. The van der Waals surface area contributed by atoms with E-state index in [0.717, 1.165) is 4.90 Å². The molecule has 1 unspecified atom stereocenters. The highest BCUT2D eigenvalue weighted by molar-refractivity contribution is 8.04. The molecule has 1 aromatic rings. The van der Waals surface area contributed by atoms with Crippen molar-refractivity contribution in [2.24, 2.45) is 0 Å². The largest absolute Gasteiger partial charge is 0.317 e. The molecule has 0 radical (unpaired) electrons. The maximum atomic E-state index is 12.3. The molecule has 0 amide bonds. The number of benzene rings is 1. The predicted molar refractivity (Wildman–Crippen MR) is 76.7 cm³/mol. The molecular formula is C11H17N2O4PS. The molecule has 106 valence electrons. The Morgan fingerprint density at radius 2 is 2.00 bits per heavy atom. The van der Waals surface area contributed by atoms with Gasteiger partial charge in [0, 0.05) is 23.6 Å². The Labute approximate surface area is 116 Å². The van der Waals surface area contributed by atoms with Crippen LogP contribution in [0.25, 0.3) is 0 Å². The van der Waals surface area contributed by atoms with Crippen LogP contribution in [0.5, 0.6) is 0 Å². The lowest BCUT2D eigenvalue weighted by molar-refractivity contribution is -0.384. The van der Waals surface area contributed by atoms with Gasteiger partial charge in [-0.2, -0.15) is 0 Å². The minimum absolute atomic E-state index is 0.0454. The minimum atomic E-state index is -2.84. The molecule has 0 aliphatic carbocycles. The summed E-state index contributed by atoms with van der Waals surface area (Å²) in [6.07, 6.45) is 0. The van der Waals surface area contributed by atoms with Crippen LogP contribution >= 0.6 is 19.3 Å². The highest BCUT2D eigenvalue weighted by Crippen LogP contribution is 2.47. The van der Waals surface area contributed by atoms with E-state index in [-0.39, 0.29) is 5.69 Å². The zero-order valence-corrected chi connectivity index (χ0v) is 12.6. The van der Waals surface area contributed by atoms with Gasteiger partial charge in [0.05, 0.1) is 17.0 Å². The molecule has 8 heteroatoms. The number of nitro benzene ring substituents is 1. The Balaban J connectivity index is 2.64. The van der Waals surface area contributed by atoms with Crippen molar-refractivity contribution in [2.45, 2.75) is 18.7 Å². The fourth-order valence-corrected chi connectivity index (χ4v) is 4.66. The van der Waals surface area contributed by atoms with Crippen LogP contribution in [-0.4, -0.2) is 23.6 Å². The predicted octanol–water partition coefficient (Wildman–Crippen LogP) is 3.48. The standard InChI is InChI=1S/C11H17N2O4PS/c1-3-12-18(16,17-4-2)9-19-11-7-5-10(6-8-11)13(14)15/h5-8H,3-4,9H2,1-2H3,(H,12,16). The van der Waals surface area contributed by atoms with Crippen molar-refractivity contribution in [3.8, 4) is 0 Å². The number of nitrogens with one attached hydrogen (secondary N) is 1. The Morgan fingerprint density at radius 3 is 2.47 bits per heavy atom. The van der Waals surface area contributed by atoms with E-state index in [0.29, 0.717) is 18.6 Å². The van der Waals surface area contributed by atoms with E-state index in [2.05, 4.69) is 5.09 Å². The third kappa shape index (κ3) is 5.32. The summed E-state index contributed by atoms with van der Waals surface area (Å²) in [5.41, 5.74) is 0.343. The van der Waals surface area contributed by atoms with Crippen molar-refractivity contribution in [2.75, 3.05) is 18.6 Å². The van der Waals surface area contributed by atoms with Crippen LogP contribution in [0.4, 0.5) is 5.69 Å². The second-order valence-electron chi connectivity index (χ2n) is 3.63. The van der Waals surface area contributed by atoms with Crippen molar-refractivity contribution in [3.63, 3.8) is 0 Å². The van der Waals surface area contributed by atoms with Crippen LogP contribution in [-0.2, 0) is 9.09 Å². The van der Waals surface area contributed by atoms with Gasteiger partial charge in [-0.15, -0.1) is 11.8 Å². The first-order valence-electron chi connectivity index (χ1n) is 5.86. The summed E-state index contributed by atoms with van der Waals surface area (Å²) in [4.78, 5) is 10.9. The summed E-state index contributed by atoms with van der Waals surface area (Å²) >= 11 is 1.35. The zero-order valence-electron chi connectivity index (χ0n) is 10.9. The molecule has 1 rings (SSSR count). The van der Waals surface area contributed by atoms with Crippen LogP contribution in [0.1, 0.15) is 13.8 Å². The van der Waals surface area contributed by atoms with Crippen LogP contribution < -0.4 is 5.09 Å². The SMILES string of the molecule is CCNP(=O)(CSc1ccc([N+](=O)[O-])cc1)OCC. The first-order valence-corrected chi connectivity index (χ1v) is 8.66. The van der Waals surface area contributed by atoms with Gasteiger partial charge >= 0.3 is 0 Å². The number of thioether (sulfide) groups is 1. The molecule has 1 atom stereocenters. The molecular weight excluding hydrogens is 287 g/mol. The third-order valence-corrected chi connectivity index (χ3v) is 6.14. The van der Waals surface area contributed by atoms with E-state index in [1.165, 1.54) is 23.9 Å². The number of nitro groups is 1. The van der Waals surface area contributed by atoms with Crippen LogP contribution in [0.2, 0.25) is 0 Å². The van der Waals surface area contributed by atoms with Crippen LogP contribution in [0, 0.1) is 10.1 Å². The molecule has 0 saturated carbocycles. The number of rotatable bonds is 8. The molecule has 19 heavy (non-hydrogen) atoms. The van der Waals surface area contributed by atoms with Gasteiger partial charge in [-0.1, -0.05) is 6.92 Å². The van der Waals surface area contributed by atoms with E-state index < -0.39 is 12.4 Å². The molecule has 0 aliphatic rings. The van der Waals surface area contributed by atoms with Gasteiger partial charge in [-0.05, 0) is 19.1 Å². The second kappa shape index (κ2) is 7.65. The van der Waals surface area contributed by atoms with Crippen molar-refractivity contribution in [1.29, 1.82) is 0 Å². The first kappa shape index (κ1) is 16.2. The van der Waals surface area contributed by atoms with Gasteiger partial charge in [0.25, 0.3) is 13.2 Å². The molecule has 0 fully saturated rings. The summed E-state index contributed by atoms with van der Waals surface area (Å²) in [7, 11) is -2.84. The maximum absolute atomic E-state index is 12.3. The molecule has 0 saturated heterocycles. The molecule has 0 aromatic heterocycles. The summed E-state index contributed by atoms with van der Waals surface area (Å²) < 4.78 is 17.6. The van der Waals surface area contributed by atoms with E-state index in [1.807, 2.05) is 6.92 Å². The molecule has 0 spiro atoms. The van der Waals surface area contributed by atoms with Gasteiger partial charge in [0.2, 0.25) is 0 Å². The Bertz CT molecular complexity index is 456. The van der Waals surface area contributed by atoms with Crippen molar-refractivity contribution >= 4 is 25.0 Å². The van der Waals surface area contributed by atoms with Crippen molar-refractivity contribution in [3.05, 3.63) is 34.4 Å². The van der Waals surface area contributed by atoms with Crippen LogP contribution in [0.3, 0.4) is 0 Å². The lowest BCUT2D eigenvalue weighted by atomic mass is 10.3. The fraction of sp³-hybridized carbons (Fsp3) is 0.455. The third-order valence-electron chi connectivity index (χ3n) is 2.19. The molecule has 1 N–H and O–H groups in total. The highest BCUT2D eigenvalue weighted by atomic mass is 32.2.